The lowest BCUT2D eigenvalue weighted by Gasteiger charge is -2.12. The van der Waals surface area contributed by atoms with Crippen LogP contribution in [0.3, 0.4) is 0 Å². The van der Waals surface area contributed by atoms with E-state index in [0.29, 0.717) is 33.5 Å². The fraction of sp³-hybridized carbons (Fsp3) is 0.148. The molecule has 35 heavy (non-hydrogen) atoms. The van der Waals surface area contributed by atoms with E-state index in [2.05, 4.69) is 10.6 Å². The Hall–Kier alpha value is -4.28. The van der Waals surface area contributed by atoms with E-state index in [1.807, 2.05) is 25.1 Å². The maximum Gasteiger partial charge on any atom is 0.266 e. The highest BCUT2D eigenvalue weighted by atomic mass is 35.5. The first-order valence-electron chi connectivity index (χ1n) is 10.8. The monoisotopic (exact) mass is 489 g/mol. The van der Waals surface area contributed by atoms with Crippen molar-refractivity contribution in [1.29, 1.82) is 5.26 Å². The molecule has 0 atom stereocenters. The normalized spacial score (nSPS) is 10.7. The number of nitrogens with one attached hydrogen (secondary N) is 2. The maximum absolute atomic E-state index is 12.6. The fourth-order valence-corrected chi connectivity index (χ4v) is 3.31. The van der Waals surface area contributed by atoms with Crippen molar-refractivity contribution >= 4 is 40.9 Å². The lowest BCUT2D eigenvalue weighted by molar-refractivity contribution is -0.118. The SMILES string of the molecule is CCc1ccc(NC(=O)/C(C#N)=C/c2ccc(OCC(=O)Nc3ccccc3Cl)c(OC)c2)cc1. The summed E-state index contributed by atoms with van der Waals surface area (Å²) in [4.78, 5) is 24.8. The van der Waals surface area contributed by atoms with Crippen LogP contribution in [0.25, 0.3) is 6.08 Å². The Bertz CT molecular complexity index is 1280. The quantitative estimate of drug-likeness (QED) is 0.306. The van der Waals surface area contributed by atoms with Gasteiger partial charge in [-0.2, -0.15) is 5.26 Å². The van der Waals surface area contributed by atoms with Crippen LogP contribution in [0.5, 0.6) is 11.5 Å². The molecule has 3 aromatic carbocycles. The molecule has 0 aliphatic carbocycles. The maximum atomic E-state index is 12.6. The van der Waals surface area contributed by atoms with Gasteiger partial charge in [-0.3, -0.25) is 9.59 Å². The summed E-state index contributed by atoms with van der Waals surface area (Å²) in [6, 6.07) is 21.1. The highest BCUT2D eigenvalue weighted by Crippen LogP contribution is 2.29. The Labute approximate surface area is 208 Å². The van der Waals surface area contributed by atoms with Crippen molar-refractivity contribution in [1.82, 2.24) is 0 Å². The van der Waals surface area contributed by atoms with E-state index in [4.69, 9.17) is 21.1 Å². The lowest BCUT2D eigenvalue weighted by Crippen LogP contribution is -2.20. The van der Waals surface area contributed by atoms with E-state index in [1.165, 1.54) is 13.2 Å². The summed E-state index contributed by atoms with van der Waals surface area (Å²) in [6.45, 7) is 1.78. The van der Waals surface area contributed by atoms with Gasteiger partial charge in [-0.15, -0.1) is 0 Å². The summed E-state index contributed by atoms with van der Waals surface area (Å²) in [7, 11) is 1.46. The first kappa shape index (κ1) is 25.3. The van der Waals surface area contributed by atoms with E-state index in [-0.39, 0.29) is 18.1 Å². The number of hydrogen-bond acceptors (Lipinski definition) is 5. The second kappa shape index (κ2) is 12.3. The van der Waals surface area contributed by atoms with Crippen LogP contribution < -0.4 is 20.1 Å². The topological polar surface area (TPSA) is 100 Å². The molecule has 2 N–H and O–H groups in total. The molecule has 0 saturated carbocycles. The number of rotatable bonds is 9. The third-order valence-electron chi connectivity index (χ3n) is 4.99. The molecule has 0 aliphatic rings. The molecule has 178 valence electrons. The first-order chi connectivity index (χ1) is 16.9. The average Bonchev–Trinajstić information content (AvgIpc) is 2.88. The zero-order valence-corrected chi connectivity index (χ0v) is 20.1. The molecule has 0 aliphatic heterocycles. The van der Waals surface area contributed by atoms with Crippen LogP contribution in [-0.2, 0) is 16.0 Å². The summed E-state index contributed by atoms with van der Waals surface area (Å²) >= 11 is 6.05. The lowest BCUT2D eigenvalue weighted by atomic mass is 10.1. The van der Waals surface area contributed by atoms with Crippen molar-refractivity contribution in [3.05, 3.63) is 88.5 Å². The number of para-hydroxylation sites is 1. The summed E-state index contributed by atoms with van der Waals surface area (Å²) in [5.74, 6) is -0.234. The summed E-state index contributed by atoms with van der Waals surface area (Å²) in [5, 5.41) is 15.3. The van der Waals surface area contributed by atoms with Crippen molar-refractivity contribution in [3.8, 4) is 17.6 Å². The van der Waals surface area contributed by atoms with E-state index in [1.54, 1.807) is 54.6 Å². The highest BCUT2D eigenvalue weighted by molar-refractivity contribution is 6.33. The molecular weight excluding hydrogens is 466 g/mol. The van der Waals surface area contributed by atoms with Gasteiger partial charge in [0.15, 0.2) is 18.1 Å². The van der Waals surface area contributed by atoms with Crippen molar-refractivity contribution in [2.45, 2.75) is 13.3 Å². The van der Waals surface area contributed by atoms with Crippen LogP contribution in [-0.4, -0.2) is 25.5 Å². The van der Waals surface area contributed by atoms with Gasteiger partial charge in [0.25, 0.3) is 11.8 Å². The van der Waals surface area contributed by atoms with E-state index in [9.17, 15) is 14.9 Å². The Kier molecular flexibility index (Phi) is 8.88. The van der Waals surface area contributed by atoms with Crippen LogP contribution in [0, 0.1) is 11.3 Å². The second-order valence-corrected chi connectivity index (χ2v) is 7.81. The average molecular weight is 490 g/mol. The summed E-state index contributed by atoms with van der Waals surface area (Å²) in [6.07, 6.45) is 2.34. The molecule has 0 saturated heterocycles. The van der Waals surface area contributed by atoms with Gasteiger partial charge in [0.1, 0.15) is 11.6 Å². The largest absolute Gasteiger partial charge is 0.493 e. The number of ether oxygens (including phenoxy) is 2. The predicted molar refractivity (Wildman–Crippen MR) is 137 cm³/mol. The smallest absolute Gasteiger partial charge is 0.266 e. The van der Waals surface area contributed by atoms with Crippen LogP contribution in [0.15, 0.2) is 72.3 Å². The van der Waals surface area contributed by atoms with Crippen LogP contribution in [0.4, 0.5) is 11.4 Å². The highest BCUT2D eigenvalue weighted by Gasteiger charge is 2.13. The number of carbonyl (C=O) groups excluding carboxylic acids is 2. The van der Waals surface area contributed by atoms with Gasteiger partial charge in [0.2, 0.25) is 0 Å². The number of amides is 2. The third-order valence-corrected chi connectivity index (χ3v) is 5.32. The number of anilines is 2. The minimum absolute atomic E-state index is 0.0700. The third kappa shape index (κ3) is 7.10. The van der Waals surface area contributed by atoms with Crippen molar-refractivity contribution < 1.29 is 19.1 Å². The van der Waals surface area contributed by atoms with E-state index < -0.39 is 5.91 Å². The Balaban J connectivity index is 1.67. The molecule has 3 rings (SSSR count). The number of methoxy groups -OCH3 is 1. The molecule has 0 bridgehead atoms. The van der Waals surface area contributed by atoms with E-state index >= 15 is 0 Å². The number of nitrogens with zero attached hydrogens (tertiary/aromatic N) is 1. The Morgan fingerprint density at radius 1 is 1.03 bits per heavy atom. The molecule has 0 heterocycles. The number of carbonyl (C=O) groups is 2. The Morgan fingerprint density at radius 3 is 2.43 bits per heavy atom. The van der Waals surface area contributed by atoms with Crippen molar-refractivity contribution in [2.24, 2.45) is 0 Å². The van der Waals surface area contributed by atoms with Gasteiger partial charge in [0.05, 0.1) is 17.8 Å². The molecular formula is C27H24ClN3O4. The van der Waals surface area contributed by atoms with Gasteiger partial charge < -0.3 is 20.1 Å². The van der Waals surface area contributed by atoms with Gasteiger partial charge in [-0.1, -0.05) is 48.9 Å². The summed E-state index contributed by atoms with van der Waals surface area (Å²) in [5.41, 5.74) is 2.72. The number of nitriles is 1. The molecule has 0 radical (unpaired) electrons. The first-order valence-corrected chi connectivity index (χ1v) is 11.2. The van der Waals surface area contributed by atoms with Gasteiger partial charge >= 0.3 is 0 Å². The molecule has 0 spiro atoms. The molecule has 8 heteroatoms. The number of aryl methyl sites for hydroxylation is 1. The molecule has 3 aromatic rings. The van der Waals surface area contributed by atoms with Crippen LogP contribution >= 0.6 is 11.6 Å². The van der Waals surface area contributed by atoms with Gasteiger partial charge in [-0.25, -0.2) is 0 Å². The van der Waals surface area contributed by atoms with Crippen molar-refractivity contribution in [3.63, 3.8) is 0 Å². The zero-order valence-electron chi connectivity index (χ0n) is 19.3. The molecule has 2 amide bonds. The van der Waals surface area contributed by atoms with Gasteiger partial charge in [-0.05, 0) is 60.0 Å². The fourth-order valence-electron chi connectivity index (χ4n) is 3.12. The second-order valence-electron chi connectivity index (χ2n) is 7.40. The standard InChI is InChI=1S/C27H24ClN3O4/c1-3-18-8-11-21(12-9-18)30-27(33)20(16-29)14-19-10-13-24(25(15-19)34-2)35-17-26(32)31-23-7-5-4-6-22(23)28/h4-15H,3,17H2,1-2H3,(H,30,33)(H,31,32)/b20-14+. The van der Waals surface area contributed by atoms with Crippen LogP contribution in [0.1, 0.15) is 18.1 Å². The number of halogens is 1. The number of benzene rings is 3. The van der Waals surface area contributed by atoms with Crippen molar-refractivity contribution in [2.75, 3.05) is 24.4 Å². The minimum Gasteiger partial charge on any atom is -0.493 e. The predicted octanol–water partition coefficient (Wildman–Crippen LogP) is 5.47. The van der Waals surface area contributed by atoms with E-state index in [0.717, 1.165) is 12.0 Å². The minimum atomic E-state index is -0.521. The molecule has 0 aromatic heterocycles. The number of hydrogen-bond donors (Lipinski definition) is 2. The van der Waals surface area contributed by atoms with Gasteiger partial charge in [0, 0.05) is 5.69 Å². The van der Waals surface area contributed by atoms with Crippen LogP contribution in [0.2, 0.25) is 5.02 Å². The molecule has 0 fully saturated rings. The summed E-state index contributed by atoms with van der Waals surface area (Å²) < 4.78 is 10.9. The zero-order chi connectivity index (χ0) is 25.2. The Morgan fingerprint density at radius 2 is 1.77 bits per heavy atom. The molecule has 0 unspecified atom stereocenters. The molecule has 7 nitrogen and oxygen atoms in total.